The van der Waals surface area contributed by atoms with E-state index in [1.54, 1.807) is 0 Å². The lowest BCUT2D eigenvalue weighted by molar-refractivity contribution is 0.102. The SMILES string of the molecule is CCc1nc(C(=O)Nc2cnoc2C(C)C)co1. The Labute approximate surface area is 104 Å². The number of nitrogens with zero attached hydrogens (tertiary/aromatic N) is 2. The third-order valence-corrected chi connectivity index (χ3v) is 2.46. The molecule has 0 atom stereocenters. The molecule has 0 saturated heterocycles. The van der Waals surface area contributed by atoms with E-state index in [0.29, 0.717) is 23.8 Å². The topological polar surface area (TPSA) is 81.2 Å². The molecule has 2 rings (SSSR count). The van der Waals surface area contributed by atoms with Gasteiger partial charge >= 0.3 is 0 Å². The molecule has 0 fully saturated rings. The second-order valence-corrected chi connectivity index (χ2v) is 4.19. The first-order valence-electron chi connectivity index (χ1n) is 5.82. The lowest BCUT2D eigenvalue weighted by atomic mass is 10.1. The van der Waals surface area contributed by atoms with Crippen molar-refractivity contribution in [3.8, 4) is 0 Å². The Morgan fingerprint density at radius 1 is 1.50 bits per heavy atom. The van der Waals surface area contributed by atoms with Crippen molar-refractivity contribution in [2.75, 3.05) is 5.32 Å². The van der Waals surface area contributed by atoms with Crippen LogP contribution >= 0.6 is 0 Å². The van der Waals surface area contributed by atoms with Gasteiger partial charge in [-0.05, 0) is 0 Å². The van der Waals surface area contributed by atoms with Crippen molar-refractivity contribution >= 4 is 11.6 Å². The second kappa shape index (κ2) is 5.03. The van der Waals surface area contributed by atoms with Gasteiger partial charge in [0.2, 0.25) is 0 Å². The van der Waals surface area contributed by atoms with Gasteiger partial charge in [0.25, 0.3) is 5.91 Å². The van der Waals surface area contributed by atoms with Crippen LogP contribution in [0.5, 0.6) is 0 Å². The van der Waals surface area contributed by atoms with E-state index >= 15 is 0 Å². The minimum atomic E-state index is -0.330. The van der Waals surface area contributed by atoms with E-state index in [0.717, 1.165) is 0 Å². The summed E-state index contributed by atoms with van der Waals surface area (Å²) in [7, 11) is 0. The zero-order valence-corrected chi connectivity index (χ0v) is 10.6. The smallest absolute Gasteiger partial charge is 0.277 e. The van der Waals surface area contributed by atoms with Gasteiger partial charge in [-0.15, -0.1) is 0 Å². The number of oxazole rings is 1. The van der Waals surface area contributed by atoms with Crippen LogP contribution in [0.2, 0.25) is 0 Å². The van der Waals surface area contributed by atoms with E-state index in [2.05, 4.69) is 15.5 Å². The van der Waals surface area contributed by atoms with Gasteiger partial charge in [-0.3, -0.25) is 4.79 Å². The van der Waals surface area contributed by atoms with Gasteiger partial charge < -0.3 is 14.3 Å². The maximum absolute atomic E-state index is 11.9. The van der Waals surface area contributed by atoms with Crippen molar-refractivity contribution < 1.29 is 13.7 Å². The number of hydrogen-bond donors (Lipinski definition) is 1. The lowest BCUT2D eigenvalue weighted by Gasteiger charge is -2.04. The molecule has 6 heteroatoms. The zero-order chi connectivity index (χ0) is 13.1. The number of carbonyl (C=O) groups excluding carboxylic acids is 1. The molecule has 0 saturated carbocycles. The Morgan fingerprint density at radius 3 is 2.89 bits per heavy atom. The number of aryl methyl sites for hydroxylation is 1. The highest BCUT2D eigenvalue weighted by atomic mass is 16.5. The zero-order valence-electron chi connectivity index (χ0n) is 10.6. The number of carbonyl (C=O) groups is 1. The van der Waals surface area contributed by atoms with Crippen LogP contribution in [0, 0.1) is 0 Å². The highest BCUT2D eigenvalue weighted by Crippen LogP contribution is 2.23. The van der Waals surface area contributed by atoms with Gasteiger partial charge in [0.1, 0.15) is 12.0 Å². The monoisotopic (exact) mass is 249 g/mol. The number of rotatable bonds is 4. The normalized spacial score (nSPS) is 10.9. The van der Waals surface area contributed by atoms with Gasteiger partial charge in [-0.25, -0.2) is 4.98 Å². The fraction of sp³-hybridized carbons (Fsp3) is 0.417. The summed E-state index contributed by atoms with van der Waals surface area (Å²) in [4.78, 5) is 16.0. The quantitative estimate of drug-likeness (QED) is 0.900. The van der Waals surface area contributed by atoms with Crippen LogP contribution in [0.15, 0.2) is 21.4 Å². The standard InChI is InChI=1S/C12H15N3O3/c1-4-10-14-9(6-17-10)12(16)15-8-5-13-18-11(8)7(2)3/h5-7H,4H2,1-3H3,(H,15,16). The Kier molecular flexibility index (Phi) is 3.45. The Balaban J connectivity index is 2.13. The molecule has 1 N–H and O–H groups in total. The minimum absolute atomic E-state index is 0.145. The maximum Gasteiger partial charge on any atom is 0.277 e. The van der Waals surface area contributed by atoms with Crippen molar-refractivity contribution in [2.24, 2.45) is 0 Å². The molecule has 1 amide bonds. The molecule has 0 radical (unpaired) electrons. The van der Waals surface area contributed by atoms with Crippen LogP contribution < -0.4 is 5.32 Å². The average molecular weight is 249 g/mol. The third kappa shape index (κ3) is 2.42. The molecule has 2 heterocycles. The molecule has 0 bridgehead atoms. The molecule has 2 aromatic heterocycles. The molecule has 0 aliphatic carbocycles. The molecule has 18 heavy (non-hydrogen) atoms. The summed E-state index contributed by atoms with van der Waals surface area (Å²) in [5.74, 6) is 0.993. The molecule has 0 aromatic carbocycles. The van der Waals surface area contributed by atoms with Crippen LogP contribution in [0.4, 0.5) is 5.69 Å². The summed E-state index contributed by atoms with van der Waals surface area (Å²) in [6.45, 7) is 5.83. The van der Waals surface area contributed by atoms with E-state index < -0.39 is 0 Å². The highest BCUT2D eigenvalue weighted by molar-refractivity contribution is 6.02. The van der Waals surface area contributed by atoms with E-state index in [1.807, 2.05) is 20.8 Å². The van der Waals surface area contributed by atoms with Crippen molar-refractivity contribution in [2.45, 2.75) is 33.1 Å². The first-order chi connectivity index (χ1) is 8.61. The fourth-order valence-corrected chi connectivity index (χ4v) is 1.52. The minimum Gasteiger partial charge on any atom is -0.448 e. The predicted molar refractivity (Wildman–Crippen MR) is 64.4 cm³/mol. The van der Waals surface area contributed by atoms with Crippen molar-refractivity contribution in [3.63, 3.8) is 0 Å². The molecule has 0 spiro atoms. The number of hydrogen-bond acceptors (Lipinski definition) is 5. The van der Waals surface area contributed by atoms with Crippen LogP contribution in [0.3, 0.4) is 0 Å². The predicted octanol–water partition coefficient (Wildman–Crippen LogP) is 2.60. The van der Waals surface area contributed by atoms with Gasteiger partial charge in [-0.2, -0.15) is 0 Å². The Bertz CT molecular complexity index is 542. The average Bonchev–Trinajstić information content (AvgIpc) is 2.96. The van der Waals surface area contributed by atoms with E-state index in [-0.39, 0.29) is 17.5 Å². The molecule has 0 aliphatic heterocycles. The largest absolute Gasteiger partial charge is 0.448 e. The van der Waals surface area contributed by atoms with E-state index in [1.165, 1.54) is 12.5 Å². The Hall–Kier alpha value is -2.11. The maximum atomic E-state index is 11.9. The summed E-state index contributed by atoms with van der Waals surface area (Å²) in [5.41, 5.74) is 0.818. The van der Waals surface area contributed by atoms with Gasteiger partial charge in [0.05, 0.1) is 6.20 Å². The highest BCUT2D eigenvalue weighted by Gasteiger charge is 2.17. The van der Waals surface area contributed by atoms with Crippen molar-refractivity contribution in [3.05, 3.63) is 29.8 Å². The Morgan fingerprint density at radius 2 is 2.28 bits per heavy atom. The number of aromatic nitrogens is 2. The molecule has 96 valence electrons. The number of anilines is 1. The lowest BCUT2D eigenvalue weighted by Crippen LogP contribution is -2.13. The summed E-state index contributed by atoms with van der Waals surface area (Å²) in [6, 6.07) is 0. The first kappa shape index (κ1) is 12.3. The molecule has 0 unspecified atom stereocenters. The van der Waals surface area contributed by atoms with Gasteiger partial charge in [-0.1, -0.05) is 25.9 Å². The summed E-state index contributed by atoms with van der Waals surface area (Å²) < 4.78 is 10.2. The molecular formula is C12H15N3O3. The van der Waals surface area contributed by atoms with Crippen molar-refractivity contribution in [1.82, 2.24) is 10.1 Å². The molecule has 0 aliphatic rings. The fourth-order valence-electron chi connectivity index (χ4n) is 1.52. The number of nitrogens with one attached hydrogen (secondary N) is 1. The molecule has 2 aromatic rings. The second-order valence-electron chi connectivity index (χ2n) is 4.19. The van der Waals surface area contributed by atoms with E-state index in [9.17, 15) is 4.79 Å². The summed E-state index contributed by atoms with van der Waals surface area (Å²) in [5, 5.41) is 6.39. The molecular weight excluding hydrogens is 234 g/mol. The van der Waals surface area contributed by atoms with E-state index in [4.69, 9.17) is 8.94 Å². The van der Waals surface area contributed by atoms with Gasteiger partial charge in [0.15, 0.2) is 17.3 Å². The van der Waals surface area contributed by atoms with Crippen LogP contribution in [-0.4, -0.2) is 16.0 Å². The van der Waals surface area contributed by atoms with Crippen LogP contribution in [-0.2, 0) is 6.42 Å². The van der Waals surface area contributed by atoms with Crippen LogP contribution in [0.25, 0.3) is 0 Å². The van der Waals surface area contributed by atoms with Crippen LogP contribution in [0.1, 0.15) is 48.8 Å². The third-order valence-electron chi connectivity index (χ3n) is 2.46. The summed E-state index contributed by atoms with van der Waals surface area (Å²) >= 11 is 0. The number of amides is 1. The van der Waals surface area contributed by atoms with Crippen molar-refractivity contribution in [1.29, 1.82) is 0 Å². The van der Waals surface area contributed by atoms with Gasteiger partial charge in [0, 0.05) is 12.3 Å². The molecule has 6 nitrogen and oxygen atoms in total. The first-order valence-corrected chi connectivity index (χ1v) is 5.82. The summed E-state index contributed by atoms with van der Waals surface area (Å²) in [6.07, 6.45) is 3.47.